The zero-order valence-electron chi connectivity index (χ0n) is 16.2. The molecule has 0 saturated carbocycles. The van der Waals surface area contributed by atoms with E-state index in [9.17, 15) is 22.8 Å². The van der Waals surface area contributed by atoms with Crippen LogP contribution in [0, 0.1) is 7.05 Å². The summed E-state index contributed by atoms with van der Waals surface area (Å²) in [6, 6.07) is 11.5. The number of aromatic nitrogens is 1. The molecule has 2 aromatic carbocycles. The number of urea groups is 1. The van der Waals surface area contributed by atoms with Crippen molar-refractivity contribution in [2.24, 2.45) is 0 Å². The Hall–Kier alpha value is -3.79. The van der Waals surface area contributed by atoms with Crippen LogP contribution in [0.3, 0.4) is 0 Å². The van der Waals surface area contributed by atoms with Crippen LogP contribution < -0.4 is 20.7 Å². The van der Waals surface area contributed by atoms with Gasteiger partial charge in [-0.15, -0.1) is 0 Å². The molecule has 165 valence electrons. The third-order valence-electron chi connectivity index (χ3n) is 4.00. The van der Waals surface area contributed by atoms with Crippen molar-refractivity contribution in [1.29, 1.82) is 0 Å². The Balaban J connectivity index is 1.62. The monoisotopic (exact) mass is 463 g/mol. The molecular weight excluding hydrogens is 449 g/mol. The predicted octanol–water partition coefficient (Wildman–Crippen LogP) is 5.71. The van der Waals surface area contributed by atoms with Gasteiger partial charge in [0.15, 0.2) is 0 Å². The number of amides is 3. The normalized spacial score (nSPS) is 10.9. The predicted molar refractivity (Wildman–Crippen MR) is 113 cm³/mol. The number of ether oxygens (including phenoxy) is 1. The maximum absolute atomic E-state index is 12.9. The van der Waals surface area contributed by atoms with E-state index < -0.39 is 28.7 Å². The molecule has 0 aliphatic rings. The van der Waals surface area contributed by atoms with Crippen molar-refractivity contribution >= 4 is 34.9 Å². The summed E-state index contributed by atoms with van der Waals surface area (Å²) in [7, 11) is 3.28. The average Bonchev–Trinajstić information content (AvgIpc) is 2.75. The third-order valence-corrected chi connectivity index (χ3v) is 4.33. The molecule has 0 spiro atoms. The second-order valence-corrected chi connectivity index (χ2v) is 6.69. The van der Waals surface area contributed by atoms with Gasteiger partial charge in [-0.1, -0.05) is 11.6 Å². The molecule has 3 aromatic rings. The molecule has 0 atom stereocenters. The lowest BCUT2D eigenvalue weighted by Crippen LogP contribution is -2.19. The zero-order valence-corrected chi connectivity index (χ0v) is 16.9. The number of halogens is 4. The molecule has 1 radical (unpaired) electrons. The van der Waals surface area contributed by atoms with Gasteiger partial charge in [0.25, 0.3) is 5.91 Å². The Morgan fingerprint density at radius 2 is 1.59 bits per heavy atom. The van der Waals surface area contributed by atoms with Gasteiger partial charge < -0.3 is 20.7 Å². The van der Waals surface area contributed by atoms with Gasteiger partial charge in [0.05, 0.1) is 10.6 Å². The van der Waals surface area contributed by atoms with E-state index in [0.717, 1.165) is 12.1 Å². The number of hydrogen-bond acceptors (Lipinski definition) is 4. The lowest BCUT2D eigenvalue weighted by atomic mass is 10.2. The number of nitrogens with zero attached hydrogens (tertiary/aromatic N) is 1. The second-order valence-electron chi connectivity index (χ2n) is 6.28. The van der Waals surface area contributed by atoms with Gasteiger partial charge in [-0.3, -0.25) is 9.78 Å². The lowest BCUT2D eigenvalue weighted by molar-refractivity contribution is -0.137. The van der Waals surface area contributed by atoms with Crippen molar-refractivity contribution in [3.8, 4) is 11.5 Å². The molecule has 0 aliphatic heterocycles. The molecule has 32 heavy (non-hydrogen) atoms. The second kappa shape index (κ2) is 9.56. The number of pyridine rings is 1. The van der Waals surface area contributed by atoms with E-state index in [1.165, 1.54) is 30.5 Å². The quantitative estimate of drug-likeness (QED) is 0.452. The minimum Gasteiger partial charge on any atom is -0.457 e. The smallest absolute Gasteiger partial charge is 0.417 e. The van der Waals surface area contributed by atoms with Crippen LogP contribution in [0.1, 0.15) is 16.1 Å². The Morgan fingerprint density at radius 3 is 2.25 bits per heavy atom. The molecule has 7 nitrogen and oxygen atoms in total. The Kier molecular flexibility index (Phi) is 6.84. The van der Waals surface area contributed by atoms with Crippen LogP contribution in [0.15, 0.2) is 60.8 Å². The average molecular weight is 464 g/mol. The van der Waals surface area contributed by atoms with Crippen molar-refractivity contribution in [1.82, 2.24) is 10.3 Å². The first kappa shape index (κ1) is 22.9. The van der Waals surface area contributed by atoms with Crippen molar-refractivity contribution < 1.29 is 27.5 Å². The summed E-state index contributed by atoms with van der Waals surface area (Å²) in [4.78, 5) is 27.6. The molecule has 3 rings (SSSR count). The molecule has 0 fully saturated rings. The standard InChI is InChI=1S/C21H15ClF3N4O3/c1-26-19(30)18-11-15(8-9-27-18)32-14-5-2-12(3-6-14)28-20(31)29-13-4-7-17(22)16(10-13)21(23,24)25/h2-11H,1H2,(H,26,30)(H2,28,29,31). The molecular formula is C21H15ClF3N4O3. The Labute approximate surface area is 185 Å². The van der Waals surface area contributed by atoms with Crippen LogP contribution >= 0.6 is 11.6 Å². The number of rotatable bonds is 5. The number of hydrogen-bond donors (Lipinski definition) is 3. The molecule has 1 heterocycles. The summed E-state index contributed by atoms with van der Waals surface area (Å²) < 4.78 is 44.4. The molecule has 0 bridgehead atoms. The van der Waals surface area contributed by atoms with Gasteiger partial charge in [0.1, 0.15) is 17.2 Å². The fraction of sp³-hybridized carbons (Fsp3) is 0.0476. The number of carbonyl (C=O) groups is 2. The number of nitrogens with one attached hydrogen (secondary N) is 3. The highest BCUT2D eigenvalue weighted by molar-refractivity contribution is 6.31. The highest BCUT2D eigenvalue weighted by atomic mass is 35.5. The fourth-order valence-corrected chi connectivity index (χ4v) is 2.77. The van der Waals surface area contributed by atoms with Crippen LogP contribution in [0.5, 0.6) is 11.5 Å². The number of benzene rings is 2. The van der Waals surface area contributed by atoms with E-state index in [1.807, 2.05) is 0 Å². The van der Waals surface area contributed by atoms with Gasteiger partial charge >= 0.3 is 12.2 Å². The molecule has 0 saturated heterocycles. The minimum absolute atomic E-state index is 0.0704. The van der Waals surface area contributed by atoms with Crippen LogP contribution in [0.25, 0.3) is 0 Å². The maximum atomic E-state index is 12.9. The maximum Gasteiger partial charge on any atom is 0.417 e. The zero-order chi connectivity index (χ0) is 23.3. The van der Waals surface area contributed by atoms with E-state index in [-0.39, 0.29) is 11.4 Å². The van der Waals surface area contributed by atoms with E-state index >= 15 is 0 Å². The van der Waals surface area contributed by atoms with Crippen LogP contribution in [-0.2, 0) is 6.18 Å². The highest BCUT2D eigenvalue weighted by Crippen LogP contribution is 2.36. The van der Waals surface area contributed by atoms with Gasteiger partial charge in [0.2, 0.25) is 0 Å². The van der Waals surface area contributed by atoms with Crippen LogP contribution in [-0.4, -0.2) is 16.9 Å². The first-order valence-electron chi connectivity index (χ1n) is 8.92. The topological polar surface area (TPSA) is 92.4 Å². The first-order valence-corrected chi connectivity index (χ1v) is 9.29. The van der Waals surface area contributed by atoms with E-state index in [0.29, 0.717) is 17.2 Å². The molecule has 1 aromatic heterocycles. The summed E-state index contributed by atoms with van der Waals surface area (Å²) in [5.74, 6) is 0.306. The largest absolute Gasteiger partial charge is 0.457 e. The minimum atomic E-state index is -4.64. The SMILES string of the molecule is [CH2]NC(=O)c1cc(Oc2ccc(NC(=O)Nc3ccc(Cl)c(C(F)(F)F)c3)cc2)ccn1. The molecule has 3 amide bonds. The van der Waals surface area contributed by atoms with Crippen molar-refractivity contribution in [2.75, 3.05) is 10.6 Å². The van der Waals surface area contributed by atoms with Crippen molar-refractivity contribution in [3.63, 3.8) is 0 Å². The van der Waals surface area contributed by atoms with E-state index in [1.54, 1.807) is 18.2 Å². The van der Waals surface area contributed by atoms with Gasteiger partial charge in [-0.05, 0) is 48.5 Å². The summed E-state index contributed by atoms with van der Waals surface area (Å²) in [5, 5.41) is 6.56. The Morgan fingerprint density at radius 1 is 0.938 bits per heavy atom. The lowest BCUT2D eigenvalue weighted by Gasteiger charge is -2.12. The number of alkyl halides is 3. The van der Waals surface area contributed by atoms with E-state index in [4.69, 9.17) is 16.3 Å². The van der Waals surface area contributed by atoms with Gasteiger partial charge in [0, 0.05) is 30.7 Å². The number of anilines is 2. The molecule has 0 aliphatic carbocycles. The number of carbonyl (C=O) groups excluding carboxylic acids is 2. The molecule has 11 heteroatoms. The van der Waals surface area contributed by atoms with Crippen LogP contribution in [0.4, 0.5) is 29.3 Å². The van der Waals surface area contributed by atoms with Gasteiger partial charge in [-0.2, -0.15) is 13.2 Å². The van der Waals surface area contributed by atoms with Crippen molar-refractivity contribution in [3.05, 3.63) is 84.1 Å². The van der Waals surface area contributed by atoms with Gasteiger partial charge in [-0.25, -0.2) is 4.79 Å². The molecule has 3 N–H and O–H groups in total. The summed E-state index contributed by atoms with van der Waals surface area (Å²) >= 11 is 5.57. The Bertz CT molecular complexity index is 1140. The van der Waals surface area contributed by atoms with E-state index in [2.05, 4.69) is 28.0 Å². The fourth-order valence-electron chi connectivity index (χ4n) is 2.55. The highest BCUT2D eigenvalue weighted by Gasteiger charge is 2.33. The summed E-state index contributed by atoms with van der Waals surface area (Å²) in [6.45, 7) is 0. The summed E-state index contributed by atoms with van der Waals surface area (Å²) in [5.41, 5.74) is -0.626. The van der Waals surface area contributed by atoms with Crippen LogP contribution in [0.2, 0.25) is 5.02 Å². The summed E-state index contributed by atoms with van der Waals surface area (Å²) in [6.07, 6.45) is -3.24. The third kappa shape index (κ3) is 5.88. The molecule has 0 unspecified atom stereocenters. The first-order chi connectivity index (χ1) is 15.2. The van der Waals surface area contributed by atoms with Crippen molar-refractivity contribution in [2.45, 2.75) is 6.18 Å².